The number of hydrogen-bond donors (Lipinski definition) is 3. The summed E-state index contributed by atoms with van der Waals surface area (Å²) in [6.07, 6.45) is 17.9. The average molecular weight is 383 g/mol. The van der Waals surface area contributed by atoms with Gasteiger partial charge in [-0.3, -0.25) is 9.78 Å². The quantitative estimate of drug-likeness (QED) is 0.257. The molecule has 0 aliphatic heterocycles. The molecular formula is C21H38N2O2S. The maximum absolute atomic E-state index is 12.2. The van der Waals surface area contributed by atoms with Crippen LogP contribution in [0.5, 0.6) is 0 Å². The lowest BCUT2D eigenvalue weighted by Gasteiger charge is -2.08. The average Bonchev–Trinajstić information content (AvgIpc) is 2.62. The second-order valence-electron chi connectivity index (χ2n) is 7.33. The van der Waals surface area contributed by atoms with Gasteiger partial charge in [0.2, 0.25) is 0 Å². The Balaban J connectivity index is 2.16. The van der Waals surface area contributed by atoms with Crippen molar-refractivity contribution in [3.05, 3.63) is 26.4 Å². The van der Waals surface area contributed by atoms with Crippen LogP contribution in [0.25, 0.3) is 0 Å². The van der Waals surface area contributed by atoms with Crippen LogP contribution >= 0.6 is 12.2 Å². The van der Waals surface area contributed by atoms with E-state index in [1.54, 1.807) is 0 Å². The van der Waals surface area contributed by atoms with E-state index in [1.165, 1.54) is 70.6 Å². The number of aryl methyl sites for hydroxylation is 1. The lowest BCUT2D eigenvalue weighted by molar-refractivity contribution is 0.288. The minimum Gasteiger partial charge on any atom is -0.396 e. The van der Waals surface area contributed by atoms with Gasteiger partial charge in [0.15, 0.2) is 4.77 Å². The van der Waals surface area contributed by atoms with Gasteiger partial charge in [0.1, 0.15) is 0 Å². The Labute approximate surface area is 163 Å². The zero-order valence-electron chi connectivity index (χ0n) is 16.6. The molecule has 0 bridgehead atoms. The number of hydrogen-bond acceptors (Lipinski definition) is 3. The van der Waals surface area contributed by atoms with Crippen molar-refractivity contribution in [2.24, 2.45) is 0 Å². The normalized spacial score (nSPS) is 11.2. The lowest BCUT2D eigenvalue weighted by Crippen LogP contribution is -2.18. The van der Waals surface area contributed by atoms with Crippen molar-refractivity contribution in [2.45, 2.75) is 103 Å². The third-order valence-electron chi connectivity index (χ3n) is 5.00. The van der Waals surface area contributed by atoms with Crippen LogP contribution in [0.3, 0.4) is 0 Å². The first-order valence-electron chi connectivity index (χ1n) is 10.6. The van der Waals surface area contributed by atoms with Gasteiger partial charge >= 0.3 is 0 Å². The molecule has 0 fully saturated rings. The number of rotatable bonds is 16. The number of unbranched alkanes of at least 4 members (excludes halogenated alkanes) is 11. The highest BCUT2D eigenvalue weighted by Gasteiger charge is 2.08. The molecule has 0 aliphatic rings. The molecule has 1 aromatic rings. The van der Waals surface area contributed by atoms with Crippen molar-refractivity contribution in [3.8, 4) is 0 Å². The topological polar surface area (TPSA) is 68.9 Å². The summed E-state index contributed by atoms with van der Waals surface area (Å²) >= 11 is 5.06. The second kappa shape index (κ2) is 15.2. The molecule has 0 amide bonds. The number of aromatic amines is 2. The van der Waals surface area contributed by atoms with Crippen molar-refractivity contribution < 1.29 is 5.11 Å². The van der Waals surface area contributed by atoms with Crippen LogP contribution in [0, 0.1) is 4.77 Å². The molecule has 0 atom stereocenters. The molecule has 1 heterocycles. The summed E-state index contributed by atoms with van der Waals surface area (Å²) in [6.45, 7) is 2.39. The van der Waals surface area contributed by atoms with Crippen LogP contribution in [-0.2, 0) is 12.8 Å². The summed E-state index contributed by atoms with van der Waals surface area (Å²) in [7, 11) is 0. The summed E-state index contributed by atoms with van der Waals surface area (Å²) in [5, 5.41) is 9.02. The van der Waals surface area contributed by atoms with Crippen LogP contribution < -0.4 is 5.56 Å². The predicted molar refractivity (Wildman–Crippen MR) is 112 cm³/mol. The SMILES string of the molecule is CCCCCCCCCCCCCCc1c(CCCO)[nH]c(=S)[nH]c1=O. The molecule has 0 radical (unpaired) electrons. The third-order valence-corrected chi connectivity index (χ3v) is 5.20. The van der Waals surface area contributed by atoms with Crippen LogP contribution in [0.2, 0.25) is 0 Å². The molecule has 3 N–H and O–H groups in total. The zero-order valence-corrected chi connectivity index (χ0v) is 17.4. The Morgan fingerprint density at radius 2 is 1.31 bits per heavy atom. The van der Waals surface area contributed by atoms with E-state index >= 15 is 0 Å². The highest BCUT2D eigenvalue weighted by molar-refractivity contribution is 7.71. The molecule has 1 aromatic heterocycles. The molecule has 0 saturated heterocycles. The number of aliphatic hydroxyl groups is 1. The van der Waals surface area contributed by atoms with Gasteiger partial charge in [-0.1, -0.05) is 77.6 Å². The second-order valence-corrected chi connectivity index (χ2v) is 7.74. The molecule has 1 rings (SSSR count). The van der Waals surface area contributed by atoms with Gasteiger partial charge in [0.25, 0.3) is 5.56 Å². The molecule has 0 unspecified atom stereocenters. The van der Waals surface area contributed by atoms with E-state index in [4.69, 9.17) is 17.3 Å². The molecule has 26 heavy (non-hydrogen) atoms. The first kappa shape index (κ1) is 23.1. The Bertz CT molecular complexity index is 580. The first-order chi connectivity index (χ1) is 12.7. The maximum Gasteiger partial charge on any atom is 0.255 e. The molecule has 0 saturated carbocycles. The van der Waals surface area contributed by atoms with E-state index < -0.39 is 0 Å². The lowest BCUT2D eigenvalue weighted by atomic mass is 10.0. The summed E-state index contributed by atoms with van der Waals surface area (Å²) in [6, 6.07) is 0. The predicted octanol–water partition coefficient (Wildman–Crippen LogP) is 5.60. The van der Waals surface area contributed by atoms with E-state index in [-0.39, 0.29) is 12.2 Å². The zero-order chi connectivity index (χ0) is 19.0. The smallest absolute Gasteiger partial charge is 0.255 e. The van der Waals surface area contributed by atoms with Gasteiger partial charge in [-0.15, -0.1) is 0 Å². The van der Waals surface area contributed by atoms with Gasteiger partial charge in [0.05, 0.1) is 0 Å². The Morgan fingerprint density at radius 3 is 1.85 bits per heavy atom. The van der Waals surface area contributed by atoms with E-state index in [0.29, 0.717) is 17.6 Å². The largest absolute Gasteiger partial charge is 0.396 e. The van der Waals surface area contributed by atoms with Crippen molar-refractivity contribution in [1.29, 1.82) is 0 Å². The Hall–Kier alpha value is -0.940. The number of H-pyrrole nitrogens is 2. The number of aliphatic hydroxyl groups excluding tert-OH is 1. The molecule has 0 spiro atoms. The van der Waals surface area contributed by atoms with Crippen molar-refractivity contribution in [3.63, 3.8) is 0 Å². The fourth-order valence-electron chi connectivity index (χ4n) is 3.44. The van der Waals surface area contributed by atoms with Crippen molar-refractivity contribution >= 4 is 12.2 Å². The molecule has 0 aliphatic carbocycles. The van der Waals surface area contributed by atoms with Crippen LogP contribution in [0.4, 0.5) is 0 Å². The van der Waals surface area contributed by atoms with Crippen molar-refractivity contribution in [1.82, 2.24) is 9.97 Å². The van der Waals surface area contributed by atoms with E-state index in [9.17, 15) is 4.79 Å². The van der Waals surface area contributed by atoms with Gasteiger partial charge in [-0.2, -0.15) is 0 Å². The molecule has 150 valence electrons. The Morgan fingerprint density at radius 1 is 0.769 bits per heavy atom. The van der Waals surface area contributed by atoms with Gasteiger partial charge in [-0.05, 0) is 37.9 Å². The summed E-state index contributed by atoms with van der Waals surface area (Å²) in [5.41, 5.74) is 1.65. The van der Waals surface area contributed by atoms with E-state index in [1.807, 2.05) is 0 Å². The van der Waals surface area contributed by atoms with E-state index in [2.05, 4.69) is 16.9 Å². The maximum atomic E-state index is 12.2. The minimum absolute atomic E-state index is 0.0650. The van der Waals surface area contributed by atoms with Gasteiger partial charge in [0, 0.05) is 17.9 Å². The van der Waals surface area contributed by atoms with Crippen molar-refractivity contribution in [2.75, 3.05) is 6.61 Å². The standard InChI is InChI=1S/C21H38N2O2S/c1-2-3-4-5-6-7-8-9-10-11-12-13-15-18-19(16-14-17-24)22-21(26)23-20(18)25/h24H,2-17H2,1H3,(H2,22,23,25,26). The highest BCUT2D eigenvalue weighted by atomic mass is 32.1. The summed E-state index contributed by atoms with van der Waals surface area (Å²) < 4.78 is 0.376. The first-order valence-corrected chi connectivity index (χ1v) is 11.0. The minimum atomic E-state index is -0.0650. The van der Waals surface area contributed by atoms with Gasteiger partial charge < -0.3 is 10.1 Å². The van der Waals surface area contributed by atoms with E-state index in [0.717, 1.165) is 24.1 Å². The van der Waals surface area contributed by atoms with Crippen LogP contribution in [0.15, 0.2) is 4.79 Å². The molecule has 0 aromatic carbocycles. The fraction of sp³-hybridized carbons (Fsp3) is 0.810. The third kappa shape index (κ3) is 10.3. The number of nitrogens with one attached hydrogen (secondary N) is 2. The highest BCUT2D eigenvalue weighted by Crippen LogP contribution is 2.13. The summed E-state index contributed by atoms with van der Waals surface area (Å²) in [5.74, 6) is 0. The fourth-order valence-corrected chi connectivity index (χ4v) is 3.65. The number of aromatic nitrogens is 2. The van der Waals surface area contributed by atoms with Crippen LogP contribution in [-0.4, -0.2) is 21.7 Å². The molecular weight excluding hydrogens is 344 g/mol. The Kier molecular flexibility index (Phi) is 13.5. The molecule has 5 heteroatoms. The monoisotopic (exact) mass is 382 g/mol. The van der Waals surface area contributed by atoms with Crippen LogP contribution in [0.1, 0.15) is 102 Å². The molecule has 4 nitrogen and oxygen atoms in total. The van der Waals surface area contributed by atoms with Gasteiger partial charge in [-0.25, -0.2) is 0 Å². The summed E-state index contributed by atoms with van der Waals surface area (Å²) in [4.78, 5) is 17.9.